The number of fused-ring (bicyclic) bond motifs is 2. The molecule has 0 saturated carbocycles. The maximum Gasteiger partial charge on any atom is 0.254 e. The lowest BCUT2D eigenvalue weighted by Gasteiger charge is -2.24. The van der Waals surface area contributed by atoms with Crippen molar-refractivity contribution in [3.05, 3.63) is 29.8 Å². The number of benzene rings is 1. The molecule has 5 heteroatoms. The molecule has 126 valence electrons. The molecular weight excluding hydrogens is 292 g/mol. The Morgan fingerprint density at radius 1 is 1.26 bits per heavy atom. The van der Waals surface area contributed by atoms with Crippen molar-refractivity contribution in [2.45, 2.75) is 37.8 Å². The Kier molecular flexibility index (Phi) is 5.51. The van der Waals surface area contributed by atoms with Crippen LogP contribution in [0, 0.1) is 0 Å². The van der Waals surface area contributed by atoms with Gasteiger partial charge in [0.05, 0.1) is 6.61 Å². The first-order chi connectivity index (χ1) is 11.3. The molecule has 0 aromatic heterocycles. The molecule has 2 bridgehead atoms. The normalized spacial score (nSPS) is 23.6. The summed E-state index contributed by atoms with van der Waals surface area (Å²) < 4.78 is 10.7. The van der Waals surface area contributed by atoms with Gasteiger partial charge in [-0.25, -0.2) is 0 Å². The van der Waals surface area contributed by atoms with E-state index in [-0.39, 0.29) is 5.91 Å². The summed E-state index contributed by atoms with van der Waals surface area (Å²) in [5.74, 6) is 0.864. The number of methoxy groups -OCH3 is 1. The molecule has 2 heterocycles. The summed E-state index contributed by atoms with van der Waals surface area (Å²) in [6.07, 6.45) is 4.32. The van der Waals surface area contributed by atoms with Gasteiger partial charge in [0.2, 0.25) is 0 Å². The highest BCUT2D eigenvalue weighted by molar-refractivity contribution is 5.94. The standard InChI is InChI=1S/C18H26N2O3/c1-22-10-3-11-23-17-5-2-4-14(12-17)18(21)20-9-8-15-6-7-16(13-20)19-15/h2,4-5,12,15-16,19H,3,6-11,13H2,1H3. The van der Waals surface area contributed by atoms with Crippen LogP contribution in [0.5, 0.6) is 5.75 Å². The molecule has 2 atom stereocenters. The molecule has 2 saturated heterocycles. The Morgan fingerprint density at radius 3 is 3.00 bits per heavy atom. The molecule has 0 aliphatic carbocycles. The average molecular weight is 318 g/mol. The zero-order valence-electron chi connectivity index (χ0n) is 13.8. The minimum Gasteiger partial charge on any atom is -0.493 e. The Balaban J connectivity index is 1.60. The monoisotopic (exact) mass is 318 g/mol. The summed E-state index contributed by atoms with van der Waals surface area (Å²) in [5.41, 5.74) is 0.715. The van der Waals surface area contributed by atoms with Crippen molar-refractivity contribution < 1.29 is 14.3 Å². The van der Waals surface area contributed by atoms with E-state index in [1.165, 1.54) is 12.8 Å². The van der Waals surface area contributed by atoms with E-state index < -0.39 is 0 Å². The van der Waals surface area contributed by atoms with Gasteiger partial charge in [0, 0.05) is 50.9 Å². The van der Waals surface area contributed by atoms with Crippen molar-refractivity contribution in [2.24, 2.45) is 0 Å². The number of rotatable bonds is 6. The molecule has 0 radical (unpaired) electrons. The SMILES string of the molecule is COCCCOc1cccc(C(=O)N2CCC3CCC(C2)N3)c1. The number of hydrogen-bond donors (Lipinski definition) is 1. The Hall–Kier alpha value is -1.59. The van der Waals surface area contributed by atoms with Gasteiger partial charge in [-0.3, -0.25) is 4.79 Å². The van der Waals surface area contributed by atoms with Crippen molar-refractivity contribution in [3.8, 4) is 5.75 Å². The molecule has 2 aliphatic rings. The smallest absolute Gasteiger partial charge is 0.254 e. The van der Waals surface area contributed by atoms with Gasteiger partial charge in [-0.05, 0) is 37.5 Å². The molecule has 2 fully saturated rings. The molecule has 1 amide bonds. The third-order valence-electron chi connectivity index (χ3n) is 4.65. The van der Waals surface area contributed by atoms with Crippen LogP contribution in [0.25, 0.3) is 0 Å². The molecule has 5 nitrogen and oxygen atoms in total. The number of ether oxygens (including phenoxy) is 2. The fourth-order valence-electron chi connectivity index (χ4n) is 3.42. The predicted molar refractivity (Wildman–Crippen MR) is 88.9 cm³/mol. The molecule has 1 aromatic rings. The fourth-order valence-corrected chi connectivity index (χ4v) is 3.42. The van der Waals surface area contributed by atoms with Gasteiger partial charge in [0.15, 0.2) is 0 Å². The molecule has 0 spiro atoms. The first-order valence-electron chi connectivity index (χ1n) is 8.53. The average Bonchev–Trinajstić information content (AvgIpc) is 2.90. The maximum atomic E-state index is 12.8. The van der Waals surface area contributed by atoms with E-state index in [0.29, 0.717) is 30.9 Å². The number of carbonyl (C=O) groups is 1. The first kappa shape index (κ1) is 16.3. The van der Waals surface area contributed by atoms with Gasteiger partial charge >= 0.3 is 0 Å². The Bertz CT molecular complexity index is 535. The van der Waals surface area contributed by atoms with E-state index in [1.54, 1.807) is 7.11 Å². The fraction of sp³-hybridized carbons (Fsp3) is 0.611. The van der Waals surface area contributed by atoms with Crippen LogP contribution in [-0.2, 0) is 4.74 Å². The van der Waals surface area contributed by atoms with Crippen LogP contribution in [0.1, 0.15) is 36.0 Å². The van der Waals surface area contributed by atoms with Gasteiger partial charge in [-0.15, -0.1) is 0 Å². The zero-order chi connectivity index (χ0) is 16.1. The Morgan fingerprint density at radius 2 is 2.13 bits per heavy atom. The minimum atomic E-state index is 0.113. The van der Waals surface area contributed by atoms with Crippen LogP contribution in [-0.4, -0.2) is 56.3 Å². The van der Waals surface area contributed by atoms with Crippen molar-refractivity contribution in [3.63, 3.8) is 0 Å². The summed E-state index contributed by atoms with van der Waals surface area (Å²) in [6.45, 7) is 2.94. The van der Waals surface area contributed by atoms with E-state index in [9.17, 15) is 4.79 Å². The molecule has 23 heavy (non-hydrogen) atoms. The Labute approximate surface area is 137 Å². The number of nitrogens with one attached hydrogen (secondary N) is 1. The number of amides is 1. The van der Waals surface area contributed by atoms with E-state index >= 15 is 0 Å². The van der Waals surface area contributed by atoms with E-state index in [4.69, 9.17) is 9.47 Å². The van der Waals surface area contributed by atoms with E-state index in [1.807, 2.05) is 29.2 Å². The summed E-state index contributed by atoms with van der Waals surface area (Å²) in [7, 11) is 1.68. The summed E-state index contributed by atoms with van der Waals surface area (Å²) in [4.78, 5) is 14.8. The molecule has 1 N–H and O–H groups in total. The van der Waals surface area contributed by atoms with Crippen LogP contribution in [0.15, 0.2) is 24.3 Å². The third-order valence-corrected chi connectivity index (χ3v) is 4.65. The topological polar surface area (TPSA) is 50.8 Å². The van der Waals surface area contributed by atoms with Crippen LogP contribution >= 0.6 is 0 Å². The number of hydrogen-bond acceptors (Lipinski definition) is 4. The zero-order valence-corrected chi connectivity index (χ0v) is 13.8. The van der Waals surface area contributed by atoms with Gasteiger partial charge in [-0.2, -0.15) is 0 Å². The second kappa shape index (κ2) is 7.79. The van der Waals surface area contributed by atoms with Crippen LogP contribution in [0.3, 0.4) is 0 Å². The van der Waals surface area contributed by atoms with Gasteiger partial charge in [0.1, 0.15) is 5.75 Å². The van der Waals surface area contributed by atoms with Crippen molar-refractivity contribution in [2.75, 3.05) is 33.4 Å². The van der Waals surface area contributed by atoms with Crippen LogP contribution in [0.2, 0.25) is 0 Å². The van der Waals surface area contributed by atoms with Crippen molar-refractivity contribution >= 4 is 5.91 Å². The lowest BCUT2D eigenvalue weighted by molar-refractivity contribution is 0.0747. The molecule has 3 rings (SSSR count). The number of likely N-dealkylation sites (tertiary alicyclic amines) is 1. The first-order valence-corrected chi connectivity index (χ1v) is 8.53. The number of carbonyl (C=O) groups excluding carboxylic acids is 1. The van der Waals surface area contributed by atoms with Crippen LogP contribution < -0.4 is 10.1 Å². The number of nitrogens with zero attached hydrogens (tertiary/aromatic N) is 1. The maximum absolute atomic E-state index is 12.8. The van der Waals surface area contributed by atoms with Gasteiger partial charge < -0.3 is 19.7 Å². The third kappa shape index (κ3) is 4.24. The van der Waals surface area contributed by atoms with Crippen LogP contribution in [0.4, 0.5) is 0 Å². The van der Waals surface area contributed by atoms with Crippen molar-refractivity contribution in [1.29, 1.82) is 0 Å². The van der Waals surface area contributed by atoms with E-state index in [2.05, 4.69) is 5.32 Å². The molecule has 1 aromatic carbocycles. The molecule has 2 aliphatic heterocycles. The molecule has 2 unspecified atom stereocenters. The van der Waals surface area contributed by atoms with Gasteiger partial charge in [-0.1, -0.05) is 6.07 Å². The molecular formula is C18H26N2O3. The second-order valence-corrected chi connectivity index (χ2v) is 6.40. The van der Waals surface area contributed by atoms with E-state index in [0.717, 1.165) is 31.7 Å². The predicted octanol–water partition coefficient (Wildman–Crippen LogP) is 2.07. The highest BCUT2D eigenvalue weighted by atomic mass is 16.5. The summed E-state index contributed by atoms with van der Waals surface area (Å²) >= 11 is 0. The quantitative estimate of drug-likeness (QED) is 0.816. The lowest BCUT2D eigenvalue weighted by atomic mass is 10.1. The lowest BCUT2D eigenvalue weighted by Crippen LogP contribution is -2.39. The second-order valence-electron chi connectivity index (χ2n) is 6.40. The van der Waals surface area contributed by atoms with Gasteiger partial charge in [0.25, 0.3) is 5.91 Å². The largest absolute Gasteiger partial charge is 0.493 e. The van der Waals surface area contributed by atoms with Crippen molar-refractivity contribution in [1.82, 2.24) is 10.2 Å². The summed E-state index contributed by atoms with van der Waals surface area (Å²) in [6, 6.07) is 8.57. The highest BCUT2D eigenvalue weighted by Gasteiger charge is 2.31. The minimum absolute atomic E-state index is 0.113. The highest BCUT2D eigenvalue weighted by Crippen LogP contribution is 2.22. The summed E-state index contributed by atoms with van der Waals surface area (Å²) in [5, 5.41) is 3.61.